The molecule has 0 N–H and O–H groups in total. The molecule has 0 aliphatic rings. The average Bonchev–Trinajstić information content (AvgIpc) is 2.33. The summed E-state index contributed by atoms with van der Waals surface area (Å²) >= 11 is 1.77. The molecule has 0 amide bonds. The largest absolute Gasteiger partial charge is 0.380 e. The summed E-state index contributed by atoms with van der Waals surface area (Å²) in [5.74, 6) is 0. The molecule has 0 atom stereocenters. The van der Waals surface area contributed by atoms with Crippen molar-refractivity contribution in [3.63, 3.8) is 0 Å². The third kappa shape index (κ3) is 2.87. The van der Waals surface area contributed by atoms with Crippen molar-refractivity contribution in [1.82, 2.24) is 0 Å². The highest BCUT2D eigenvalue weighted by molar-refractivity contribution is 7.99. The Morgan fingerprint density at radius 3 is 2.38 bits per heavy atom. The summed E-state index contributed by atoms with van der Waals surface area (Å²) in [6.45, 7) is 0.663. The van der Waals surface area contributed by atoms with E-state index in [2.05, 4.69) is 42.5 Å². The summed E-state index contributed by atoms with van der Waals surface area (Å²) in [5, 5.41) is 0. The van der Waals surface area contributed by atoms with Crippen LogP contribution in [0.5, 0.6) is 0 Å². The van der Waals surface area contributed by atoms with Crippen molar-refractivity contribution in [2.75, 3.05) is 7.11 Å². The molecule has 16 heavy (non-hydrogen) atoms. The molecule has 0 saturated carbocycles. The van der Waals surface area contributed by atoms with Crippen molar-refractivity contribution in [2.24, 2.45) is 0 Å². The zero-order chi connectivity index (χ0) is 11.2. The SMILES string of the molecule is COCc1ccccc1Sc1ccccc1. The Hall–Kier alpha value is -1.25. The summed E-state index contributed by atoms with van der Waals surface area (Å²) in [6.07, 6.45) is 0. The Balaban J connectivity index is 2.21. The predicted molar refractivity (Wildman–Crippen MR) is 67.7 cm³/mol. The first-order valence-corrected chi connectivity index (χ1v) is 6.01. The maximum Gasteiger partial charge on any atom is 0.0724 e. The van der Waals surface area contributed by atoms with Gasteiger partial charge in [-0.25, -0.2) is 0 Å². The topological polar surface area (TPSA) is 9.23 Å². The minimum atomic E-state index is 0.663. The van der Waals surface area contributed by atoms with Crippen molar-refractivity contribution < 1.29 is 4.74 Å². The van der Waals surface area contributed by atoms with Gasteiger partial charge in [-0.2, -0.15) is 0 Å². The number of hydrogen-bond donors (Lipinski definition) is 0. The lowest BCUT2D eigenvalue weighted by Crippen LogP contribution is -1.89. The molecule has 0 unspecified atom stereocenters. The van der Waals surface area contributed by atoms with Gasteiger partial charge < -0.3 is 4.74 Å². The second kappa shape index (κ2) is 5.73. The van der Waals surface area contributed by atoms with Gasteiger partial charge in [0.1, 0.15) is 0 Å². The molecule has 0 saturated heterocycles. The zero-order valence-electron chi connectivity index (χ0n) is 9.22. The van der Waals surface area contributed by atoms with Crippen LogP contribution in [-0.4, -0.2) is 7.11 Å². The van der Waals surface area contributed by atoms with E-state index < -0.39 is 0 Å². The molecule has 0 radical (unpaired) electrons. The number of benzene rings is 2. The van der Waals surface area contributed by atoms with Gasteiger partial charge in [-0.1, -0.05) is 48.2 Å². The highest BCUT2D eigenvalue weighted by atomic mass is 32.2. The van der Waals surface area contributed by atoms with Crippen LogP contribution < -0.4 is 0 Å². The number of hydrogen-bond acceptors (Lipinski definition) is 2. The molecular formula is C14H14OS. The first kappa shape index (κ1) is 11.2. The lowest BCUT2D eigenvalue weighted by Gasteiger charge is -2.07. The van der Waals surface area contributed by atoms with Crippen LogP contribution in [-0.2, 0) is 11.3 Å². The average molecular weight is 230 g/mol. The van der Waals surface area contributed by atoms with Crippen LogP contribution in [0.15, 0.2) is 64.4 Å². The zero-order valence-corrected chi connectivity index (χ0v) is 10.0. The van der Waals surface area contributed by atoms with Crippen LogP contribution in [0, 0.1) is 0 Å². The lowest BCUT2D eigenvalue weighted by molar-refractivity contribution is 0.183. The summed E-state index contributed by atoms with van der Waals surface area (Å²) in [5.41, 5.74) is 1.24. The molecular weight excluding hydrogens is 216 g/mol. The van der Waals surface area contributed by atoms with E-state index in [-0.39, 0.29) is 0 Å². The molecule has 2 heteroatoms. The number of methoxy groups -OCH3 is 1. The molecule has 0 aromatic heterocycles. The lowest BCUT2D eigenvalue weighted by atomic mass is 10.2. The van der Waals surface area contributed by atoms with Gasteiger partial charge in [0.25, 0.3) is 0 Å². The van der Waals surface area contributed by atoms with Crippen molar-refractivity contribution in [1.29, 1.82) is 0 Å². The van der Waals surface area contributed by atoms with E-state index in [1.165, 1.54) is 15.4 Å². The summed E-state index contributed by atoms with van der Waals surface area (Å²) in [6, 6.07) is 18.7. The highest BCUT2D eigenvalue weighted by Gasteiger charge is 2.02. The van der Waals surface area contributed by atoms with Crippen molar-refractivity contribution >= 4 is 11.8 Å². The molecule has 1 nitrogen and oxygen atoms in total. The third-order valence-corrected chi connectivity index (χ3v) is 3.37. The molecule has 82 valence electrons. The molecule has 0 bridgehead atoms. The highest BCUT2D eigenvalue weighted by Crippen LogP contribution is 2.30. The standard InChI is InChI=1S/C14H14OS/c1-15-11-12-7-5-6-10-14(12)16-13-8-3-2-4-9-13/h2-10H,11H2,1H3. The smallest absolute Gasteiger partial charge is 0.0724 e. The van der Waals surface area contributed by atoms with Crippen LogP contribution >= 0.6 is 11.8 Å². The first-order chi connectivity index (χ1) is 7.90. The fourth-order valence-electron chi connectivity index (χ4n) is 1.49. The van der Waals surface area contributed by atoms with Gasteiger partial charge in [0.15, 0.2) is 0 Å². The van der Waals surface area contributed by atoms with Gasteiger partial charge in [0.2, 0.25) is 0 Å². The van der Waals surface area contributed by atoms with E-state index in [0.717, 1.165) is 0 Å². The number of ether oxygens (including phenoxy) is 1. The van der Waals surface area contributed by atoms with Crippen molar-refractivity contribution in [3.8, 4) is 0 Å². The van der Waals surface area contributed by atoms with E-state index in [4.69, 9.17) is 4.74 Å². The number of rotatable bonds is 4. The normalized spacial score (nSPS) is 10.3. The summed E-state index contributed by atoms with van der Waals surface area (Å²) in [7, 11) is 1.73. The Kier molecular flexibility index (Phi) is 4.03. The van der Waals surface area contributed by atoms with E-state index in [9.17, 15) is 0 Å². The Bertz CT molecular complexity index is 439. The van der Waals surface area contributed by atoms with E-state index >= 15 is 0 Å². The quantitative estimate of drug-likeness (QED) is 0.785. The second-order valence-corrected chi connectivity index (χ2v) is 4.57. The van der Waals surface area contributed by atoms with Gasteiger partial charge in [0.05, 0.1) is 6.61 Å². The van der Waals surface area contributed by atoms with Gasteiger partial charge in [-0.05, 0) is 23.8 Å². The van der Waals surface area contributed by atoms with E-state index in [1.807, 2.05) is 12.1 Å². The Morgan fingerprint density at radius 1 is 0.938 bits per heavy atom. The fourth-order valence-corrected chi connectivity index (χ4v) is 2.45. The van der Waals surface area contributed by atoms with Crippen LogP contribution in [0.3, 0.4) is 0 Å². The Morgan fingerprint density at radius 2 is 1.62 bits per heavy atom. The predicted octanol–water partition coefficient (Wildman–Crippen LogP) is 3.98. The first-order valence-electron chi connectivity index (χ1n) is 5.20. The van der Waals surface area contributed by atoms with Gasteiger partial charge in [-0.3, -0.25) is 0 Å². The minimum Gasteiger partial charge on any atom is -0.380 e. The van der Waals surface area contributed by atoms with Crippen LogP contribution in [0.25, 0.3) is 0 Å². The molecule has 2 aromatic carbocycles. The van der Waals surface area contributed by atoms with Crippen molar-refractivity contribution in [2.45, 2.75) is 16.4 Å². The molecule has 2 rings (SSSR count). The van der Waals surface area contributed by atoms with Crippen LogP contribution in [0.4, 0.5) is 0 Å². The van der Waals surface area contributed by atoms with E-state index in [1.54, 1.807) is 18.9 Å². The van der Waals surface area contributed by atoms with Gasteiger partial charge in [-0.15, -0.1) is 0 Å². The molecule has 0 fully saturated rings. The van der Waals surface area contributed by atoms with Crippen LogP contribution in [0.2, 0.25) is 0 Å². The van der Waals surface area contributed by atoms with Crippen molar-refractivity contribution in [3.05, 3.63) is 60.2 Å². The molecule has 0 heterocycles. The molecule has 0 aliphatic carbocycles. The van der Waals surface area contributed by atoms with Crippen LogP contribution in [0.1, 0.15) is 5.56 Å². The van der Waals surface area contributed by atoms with Gasteiger partial charge in [0, 0.05) is 16.9 Å². The maximum absolute atomic E-state index is 5.19. The molecule has 2 aromatic rings. The van der Waals surface area contributed by atoms with E-state index in [0.29, 0.717) is 6.61 Å². The minimum absolute atomic E-state index is 0.663. The maximum atomic E-state index is 5.19. The summed E-state index contributed by atoms with van der Waals surface area (Å²) < 4.78 is 5.19. The molecule has 0 spiro atoms. The third-order valence-electron chi connectivity index (χ3n) is 2.24. The monoisotopic (exact) mass is 230 g/mol. The molecule has 0 aliphatic heterocycles. The Labute approximate surface area is 100 Å². The second-order valence-electron chi connectivity index (χ2n) is 3.46. The van der Waals surface area contributed by atoms with Gasteiger partial charge >= 0.3 is 0 Å². The fraction of sp³-hybridized carbons (Fsp3) is 0.143. The summed E-state index contributed by atoms with van der Waals surface area (Å²) in [4.78, 5) is 2.52.